The number of nitrogens with two attached hydrogens (primary N) is 1. The molecular formula is C16H14ClF3N4O3. The minimum absolute atomic E-state index is 0.183. The highest BCUT2D eigenvalue weighted by atomic mass is 35.5. The summed E-state index contributed by atoms with van der Waals surface area (Å²) in [5.74, 6) is -3.97. The summed E-state index contributed by atoms with van der Waals surface area (Å²) < 4.78 is 42.6. The molecule has 0 bridgehead atoms. The van der Waals surface area contributed by atoms with Crippen LogP contribution in [0, 0.1) is 0 Å². The lowest BCUT2D eigenvalue weighted by Gasteiger charge is -2.16. The molecule has 1 aliphatic rings. The average molecular weight is 403 g/mol. The van der Waals surface area contributed by atoms with Gasteiger partial charge in [-0.15, -0.1) is 0 Å². The van der Waals surface area contributed by atoms with E-state index < -0.39 is 18.1 Å². The summed E-state index contributed by atoms with van der Waals surface area (Å²) in [5, 5.41) is 4.64. The van der Waals surface area contributed by atoms with E-state index in [1.165, 1.54) is 10.9 Å². The third-order valence-electron chi connectivity index (χ3n) is 4.12. The maximum atomic E-state index is 12.4. The number of carbonyl (C=O) groups is 2. The number of esters is 2. The largest absolute Gasteiger partial charge is 0.491 e. The monoisotopic (exact) mass is 402 g/mol. The Bertz CT molecular complexity index is 911. The Hall–Kier alpha value is -2.46. The first-order valence-electron chi connectivity index (χ1n) is 8.01. The third-order valence-corrected chi connectivity index (χ3v) is 4.44. The highest BCUT2D eigenvalue weighted by Crippen LogP contribution is 2.37. The quantitative estimate of drug-likeness (QED) is 0.478. The Kier molecular flexibility index (Phi) is 5.20. The molecule has 3 rings (SSSR count). The Morgan fingerprint density at radius 2 is 2.00 bits per heavy atom. The van der Waals surface area contributed by atoms with E-state index in [1.807, 2.05) is 0 Å². The normalized spacial score (nSPS) is 13.1. The molecule has 0 amide bonds. The van der Waals surface area contributed by atoms with Gasteiger partial charge >= 0.3 is 18.1 Å². The van der Waals surface area contributed by atoms with Crippen LogP contribution >= 0.6 is 11.6 Å². The highest BCUT2D eigenvalue weighted by Gasteiger charge is 2.43. The number of alkyl halides is 3. The zero-order valence-corrected chi connectivity index (χ0v) is 14.6. The first kappa shape index (κ1) is 19.3. The van der Waals surface area contributed by atoms with Crippen LogP contribution in [0.2, 0.25) is 5.15 Å². The van der Waals surface area contributed by atoms with Gasteiger partial charge in [-0.2, -0.15) is 18.3 Å². The summed E-state index contributed by atoms with van der Waals surface area (Å²) in [5.41, 5.74) is 7.47. The molecule has 7 nitrogen and oxygen atoms in total. The lowest BCUT2D eigenvalue weighted by Crippen LogP contribution is -2.29. The van der Waals surface area contributed by atoms with Crippen molar-refractivity contribution in [2.45, 2.75) is 32.0 Å². The molecule has 1 aliphatic carbocycles. The summed E-state index contributed by atoms with van der Waals surface area (Å²) in [6, 6.07) is 1.66. The van der Waals surface area contributed by atoms with Crippen molar-refractivity contribution in [3.8, 4) is 11.3 Å². The Morgan fingerprint density at radius 1 is 1.30 bits per heavy atom. The Morgan fingerprint density at radius 3 is 2.67 bits per heavy atom. The van der Waals surface area contributed by atoms with Crippen LogP contribution in [0.4, 0.5) is 13.2 Å². The van der Waals surface area contributed by atoms with Gasteiger partial charge in [-0.25, -0.2) is 14.6 Å². The van der Waals surface area contributed by atoms with E-state index in [9.17, 15) is 22.8 Å². The van der Waals surface area contributed by atoms with E-state index >= 15 is 0 Å². The number of nitrogens with zero attached hydrogens (tertiary/aromatic N) is 3. The number of fused-ring (bicyclic) bond motifs is 3. The molecule has 0 saturated carbocycles. The van der Waals surface area contributed by atoms with Gasteiger partial charge in [0.1, 0.15) is 5.15 Å². The lowest BCUT2D eigenvalue weighted by atomic mass is 9.90. The first-order chi connectivity index (χ1) is 12.7. The standard InChI is InChI=1S/C16H14ClF3N4O3/c17-13-9-2-3-10-11(8(9)4-6-22-13)23-24(7-1-5-21)12(10)14(25)27-15(26)16(18,19)20/h4,6H,1-3,5,7,21H2. The smallest absolute Gasteiger partial charge is 0.381 e. The van der Waals surface area contributed by atoms with Crippen molar-refractivity contribution in [3.05, 3.63) is 34.2 Å². The first-order valence-corrected chi connectivity index (χ1v) is 8.38. The van der Waals surface area contributed by atoms with Crippen molar-refractivity contribution in [1.29, 1.82) is 0 Å². The zero-order valence-electron chi connectivity index (χ0n) is 13.8. The molecule has 2 aromatic heterocycles. The molecule has 0 fully saturated rings. The van der Waals surface area contributed by atoms with Crippen molar-refractivity contribution in [2.75, 3.05) is 6.54 Å². The van der Waals surface area contributed by atoms with Crippen LogP contribution in [0.3, 0.4) is 0 Å². The van der Waals surface area contributed by atoms with Crippen molar-refractivity contribution in [3.63, 3.8) is 0 Å². The van der Waals surface area contributed by atoms with E-state index in [1.54, 1.807) is 6.07 Å². The van der Waals surface area contributed by atoms with Gasteiger partial charge in [0.2, 0.25) is 0 Å². The van der Waals surface area contributed by atoms with Gasteiger partial charge in [0, 0.05) is 23.9 Å². The summed E-state index contributed by atoms with van der Waals surface area (Å²) >= 11 is 6.10. The highest BCUT2D eigenvalue weighted by molar-refractivity contribution is 6.30. The van der Waals surface area contributed by atoms with Crippen molar-refractivity contribution < 1.29 is 27.5 Å². The van der Waals surface area contributed by atoms with Crippen LogP contribution in [0.1, 0.15) is 28.0 Å². The fourth-order valence-corrected chi connectivity index (χ4v) is 3.20. The molecule has 2 N–H and O–H groups in total. The van der Waals surface area contributed by atoms with Crippen molar-refractivity contribution in [1.82, 2.24) is 14.8 Å². The van der Waals surface area contributed by atoms with E-state index in [2.05, 4.69) is 14.8 Å². The van der Waals surface area contributed by atoms with Gasteiger partial charge in [0.05, 0.1) is 5.69 Å². The summed E-state index contributed by atoms with van der Waals surface area (Å²) in [6.07, 6.45) is -2.66. The molecule has 11 heteroatoms. The topological polar surface area (TPSA) is 100 Å². The molecule has 0 spiro atoms. The number of pyridine rings is 1. The van der Waals surface area contributed by atoms with E-state index in [4.69, 9.17) is 17.3 Å². The molecule has 144 valence electrons. The molecule has 2 heterocycles. The number of carbonyl (C=O) groups excluding carboxylic acids is 2. The molecule has 0 aromatic carbocycles. The molecule has 27 heavy (non-hydrogen) atoms. The van der Waals surface area contributed by atoms with Crippen LogP contribution in [0.25, 0.3) is 11.3 Å². The predicted molar refractivity (Wildman–Crippen MR) is 88.0 cm³/mol. The number of hydrogen-bond acceptors (Lipinski definition) is 6. The Labute approximate surface area is 156 Å². The summed E-state index contributed by atoms with van der Waals surface area (Å²) in [4.78, 5) is 27.4. The molecular weight excluding hydrogens is 389 g/mol. The zero-order chi connectivity index (χ0) is 19.8. The maximum Gasteiger partial charge on any atom is 0.491 e. The number of ether oxygens (including phenoxy) is 1. The van der Waals surface area contributed by atoms with Crippen molar-refractivity contribution in [2.24, 2.45) is 5.73 Å². The molecule has 0 atom stereocenters. The number of aryl methyl sites for hydroxylation is 1. The Balaban J connectivity index is 2.06. The van der Waals surface area contributed by atoms with Crippen LogP contribution in [-0.4, -0.2) is 39.4 Å². The van der Waals surface area contributed by atoms with Crippen LogP contribution in [0.5, 0.6) is 0 Å². The van der Waals surface area contributed by atoms with Gasteiger partial charge < -0.3 is 10.5 Å². The van der Waals surface area contributed by atoms with Gasteiger partial charge in [0.15, 0.2) is 5.69 Å². The van der Waals surface area contributed by atoms with E-state index in [-0.39, 0.29) is 18.8 Å². The fraction of sp³-hybridized carbons (Fsp3) is 0.375. The van der Waals surface area contributed by atoms with Crippen molar-refractivity contribution >= 4 is 23.5 Å². The van der Waals surface area contributed by atoms with Crippen LogP contribution in [-0.2, 0) is 28.9 Å². The average Bonchev–Trinajstić information content (AvgIpc) is 2.98. The molecule has 0 aliphatic heterocycles. The van der Waals surface area contributed by atoms with Crippen LogP contribution in [0.15, 0.2) is 12.3 Å². The third kappa shape index (κ3) is 3.67. The lowest BCUT2D eigenvalue weighted by molar-refractivity contribution is -0.193. The summed E-state index contributed by atoms with van der Waals surface area (Å²) in [6.45, 7) is 0.467. The van der Waals surface area contributed by atoms with Gasteiger partial charge in [-0.3, -0.25) is 4.68 Å². The molecule has 0 saturated heterocycles. The van der Waals surface area contributed by atoms with Gasteiger partial charge in [0.25, 0.3) is 0 Å². The van der Waals surface area contributed by atoms with E-state index in [0.717, 1.165) is 5.56 Å². The second-order valence-electron chi connectivity index (χ2n) is 5.84. The minimum Gasteiger partial charge on any atom is -0.381 e. The summed E-state index contributed by atoms with van der Waals surface area (Å²) in [7, 11) is 0. The second-order valence-corrected chi connectivity index (χ2v) is 6.20. The van der Waals surface area contributed by atoms with Crippen LogP contribution < -0.4 is 5.73 Å². The SMILES string of the molecule is NCCCn1nc2c(c1C(=O)OC(=O)C(F)(F)F)CCc1c-2ccnc1Cl. The number of hydrogen-bond donors (Lipinski definition) is 1. The minimum atomic E-state index is -5.27. The second kappa shape index (κ2) is 7.28. The molecule has 0 unspecified atom stereocenters. The number of rotatable bonds is 4. The molecule has 0 radical (unpaired) electrons. The predicted octanol–water partition coefficient (Wildman–Crippen LogP) is 2.29. The van der Waals surface area contributed by atoms with Gasteiger partial charge in [-0.1, -0.05) is 11.6 Å². The molecule has 2 aromatic rings. The fourth-order valence-electron chi connectivity index (χ4n) is 2.95. The number of halogens is 4. The van der Waals surface area contributed by atoms with E-state index in [0.29, 0.717) is 41.2 Å². The van der Waals surface area contributed by atoms with Gasteiger partial charge in [-0.05, 0) is 37.4 Å². The maximum absolute atomic E-state index is 12.4. The number of aromatic nitrogens is 3.